The lowest BCUT2D eigenvalue weighted by Gasteiger charge is -2.24. The zero-order chi connectivity index (χ0) is 12.9. The van der Waals surface area contributed by atoms with Crippen molar-refractivity contribution in [3.8, 4) is 0 Å². The molecule has 0 heterocycles. The van der Waals surface area contributed by atoms with Gasteiger partial charge in [-0.15, -0.1) is 0 Å². The van der Waals surface area contributed by atoms with Gasteiger partial charge in [0.2, 0.25) is 0 Å². The van der Waals surface area contributed by atoms with E-state index < -0.39 is 0 Å². The highest BCUT2D eigenvalue weighted by Crippen LogP contribution is 2.06. The van der Waals surface area contributed by atoms with E-state index in [1.165, 1.54) is 6.07 Å². The fourth-order valence-corrected chi connectivity index (χ4v) is 1.46. The summed E-state index contributed by atoms with van der Waals surface area (Å²) in [6, 6.07) is 7.19. The Morgan fingerprint density at radius 1 is 1.24 bits per heavy atom. The average Bonchev–Trinajstić information content (AvgIpc) is 2.24. The molecule has 1 aromatic carbocycles. The van der Waals surface area contributed by atoms with E-state index in [0.717, 1.165) is 12.1 Å². The third-order valence-electron chi connectivity index (χ3n) is 2.54. The molecule has 1 unspecified atom stereocenters. The molecule has 2 nitrogen and oxygen atoms in total. The zero-order valence-corrected chi connectivity index (χ0v) is 11.2. The van der Waals surface area contributed by atoms with Crippen LogP contribution in [0.5, 0.6) is 0 Å². The molecule has 0 aliphatic carbocycles. The summed E-state index contributed by atoms with van der Waals surface area (Å²) in [4.78, 5) is 0. The summed E-state index contributed by atoms with van der Waals surface area (Å²) in [7, 11) is 0. The molecule has 3 heteroatoms. The van der Waals surface area contributed by atoms with Crippen molar-refractivity contribution in [2.24, 2.45) is 0 Å². The molecule has 0 radical (unpaired) electrons. The largest absolute Gasteiger partial charge is 0.311 e. The Bertz CT molecular complexity index is 344. The molecule has 0 amide bonds. The van der Waals surface area contributed by atoms with E-state index in [-0.39, 0.29) is 11.4 Å². The van der Waals surface area contributed by atoms with E-state index in [9.17, 15) is 4.39 Å². The van der Waals surface area contributed by atoms with Crippen LogP contribution < -0.4 is 10.6 Å². The highest BCUT2D eigenvalue weighted by molar-refractivity contribution is 5.16. The molecule has 0 saturated heterocycles. The molecule has 1 rings (SSSR count). The molecule has 1 aromatic rings. The van der Waals surface area contributed by atoms with E-state index in [0.29, 0.717) is 12.6 Å². The monoisotopic (exact) mass is 238 g/mol. The summed E-state index contributed by atoms with van der Waals surface area (Å²) in [5, 5.41) is 6.73. The molecule has 0 aliphatic rings. The van der Waals surface area contributed by atoms with Gasteiger partial charge in [0.05, 0.1) is 0 Å². The van der Waals surface area contributed by atoms with Gasteiger partial charge in [0.1, 0.15) is 5.82 Å². The van der Waals surface area contributed by atoms with E-state index in [2.05, 4.69) is 38.3 Å². The van der Waals surface area contributed by atoms with E-state index in [4.69, 9.17) is 0 Å². The van der Waals surface area contributed by atoms with Crippen molar-refractivity contribution in [1.82, 2.24) is 10.6 Å². The third kappa shape index (κ3) is 5.80. The highest BCUT2D eigenvalue weighted by atomic mass is 19.1. The van der Waals surface area contributed by atoms with Gasteiger partial charge >= 0.3 is 0 Å². The Labute approximate surface area is 104 Å². The summed E-state index contributed by atoms with van der Waals surface area (Å²) < 4.78 is 13.4. The second-order valence-corrected chi connectivity index (χ2v) is 5.50. The maximum atomic E-state index is 13.4. The minimum absolute atomic E-state index is 0.119. The summed E-state index contributed by atoms with van der Waals surface area (Å²) in [5.74, 6) is -0.143. The number of nitrogens with one attached hydrogen (secondary N) is 2. The standard InChI is InChI=1S/C14H23FN2/c1-11(9-17-14(2,3)4)16-10-12-7-5-6-8-13(12)15/h5-8,11,16-17H,9-10H2,1-4H3. The molecule has 0 aliphatic heterocycles. The summed E-state index contributed by atoms with van der Waals surface area (Å²) in [6.45, 7) is 9.95. The average molecular weight is 238 g/mol. The predicted molar refractivity (Wildman–Crippen MR) is 70.5 cm³/mol. The van der Waals surface area contributed by atoms with Crippen molar-refractivity contribution < 1.29 is 4.39 Å². The second-order valence-electron chi connectivity index (χ2n) is 5.50. The molecule has 96 valence electrons. The summed E-state index contributed by atoms with van der Waals surface area (Å²) in [6.07, 6.45) is 0. The van der Waals surface area contributed by atoms with E-state index >= 15 is 0 Å². The van der Waals surface area contributed by atoms with Crippen molar-refractivity contribution in [3.05, 3.63) is 35.6 Å². The molecule has 0 spiro atoms. The topological polar surface area (TPSA) is 24.1 Å². The number of halogens is 1. The van der Waals surface area contributed by atoms with Crippen LogP contribution in [0.15, 0.2) is 24.3 Å². The minimum atomic E-state index is -0.143. The van der Waals surface area contributed by atoms with Crippen molar-refractivity contribution in [3.63, 3.8) is 0 Å². The first kappa shape index (κ1) is 14.1. The van der Waals surface area contributed by atoms with Crippen LogP contribution in [-0.4, -0.2) is 18.1 Å². The van der Waals surface area contributed by atoms with Crippen LogP contribution in [0.2, 0.25) is 0 Å². The Balaban J connectivity index is 2.34. The lowest BCUT2D eigenvalue weighted by molar-refractivity contribution is 0.386. The number of hydrogen-bond acceptors (Lipinski definition) is 2. The van der Waals surface area contributed by atoms with Gasteiger partial charge in [-0.3, -0.25) is 0 Å². The fourth-order valence-electron chi connectivity index (χ4n) is 1.46. The van der Waals surface area contributed by atoms with Gasteiger partial charge in [-0.1, -0.05) is 18.2 Å². The molecular weight excluding hydrogens is 215 g/mol. The molecule has 0 bridgehead atoms. The van der Waals surface area contributed by atoms with E-state index in [1.54, 1.807) is 6.07 Å². The maximum Gasteiger partial charge on any atom is 0.127 e. The quantitative estimate of drug-likeness (QED) is 0.824. The van der Waals surface area contributed by atoms with Crippen molar-refractivity contribution in [2.75, 3.05) is 6.54 Å². The van der Waals surface area contributed by atoms with Gasteiger partial charge in [0.15, 0.2) is 0 Å². The smallest absolute Gasteiger partial charge is 0.127 e. The zero-order valence-electron chi connectivity index (χ0n) is 11.2. The molecular formula is C14H23FN2. The SMILES string of the molecule is CC(CNC(C)(C)C)NCc1ccccc1F. The van der Waals surface area contributed by atoms with Crippen LogP contribution in [0.1, 0.15) is 33.3 Å². The van der Waals surface area contributed by atoms with Gasteiger partial charge in [-0.25, -0.2) is 4.39 Å². The lowest BCUT2D eigenvalue weighted by atomic mass is 10.1. The Morgan fingerprint density at radius 2 is 1.88 bits per heavy atom. The van der Waals surface area contributed by atoms with Crippen LogP contribution in [-0.2, 0) is 6.54 Å². The van der Waals surface area contributed by atoms with Crippen LogP contribution in [0.25, 0.3) is 0 Å². The lowest BCUT2D eigenvalue weighted by Crippen LogP contribution is -2.44. The maximum absolute atomic E-state index is 13.4. The van der Waals surface area contributed by atoms with Crippen molar-refractivity contribution in [2.45, 2.75) is 45.8 Å². The third-order valence-corrected chi connectivity index (χ3v) is 2.54. The Kier molecular flexibility index (Phi) is 5.09. The van der Waals surface area contributed by atoms with Gasteiger partial charge in [0.25, 0.3) is 0 Å². The van der Waals surface area contributed by atoms with Crippen molar-refractivity contribution in [1.29, 1.82) is 0 Å². The van der Waals surface area contributed by atoms with E-state index in [1.807, 2.05) is 12.1 Å². The molecule has 1 atom stereocenters. The van der Waals surface area contributed by atoms with Crippen LogP contribution in [0, 0.1) is 5.82 Å². The number of hydrogen-bond donors (Lipinski definition) is 2. The molecule has 0 fully saturated rings. The Morgan fingerprint density at radius 3 is 2.47 bits per heavy atom. The molecule has 17 heavy (non-hydrogen) atoms. The predicted octanol–water partition coefficient (Wildman–Crippen LogP) is 2.69. The first-order chi connectivity index (χ1) is 7.88. The molecule has 2 N–H and O–H groups in total. The number of benzene rings is 1. The van der Waals surface area contributed by atoms with Crippen LogP contribution >= 0.6 is 0 Å². The first-order valence-corrected chi connectivity index (χ1v) is 6.10. The van der Waals surface area contributed by atoms with Crippen LogP contribution in [0.4, 0.5) is 4.39 Å². The van der Waals surface area contributed by atoms with Gasteiger partial charge in [-0.2, -0.15) is 0 Å². The van der Waals surface area contributed by atoms with Gasteiger partial charge in [0, 0.05) is 30.2 Å². The number of rotatable bonds is 5. The summed E-state index contributed by atoms with van der Waals surface area (Å²) in [5.41, 5.74) is 0.837. The normalized spacial score (nSPS) is 13.7. The molecule has 0 saturated carbocycles. The first-order valence-electron chi connectivity index (χ1n) is 6.10. The van der Waals surface area contributed by atoms with Gasteiger partial charge < -0.3 is 10.6 Å². The highest BCUT2D eigenvalue weighted by Gasteiger charge is 2.11. The summed E-state index contributed by atoms with van der Waals surface area (Å²) >= 11 is 0. The van der Waals surface area contributed by atoms with Gasteiger partial charge in [-0.05, 0) is 33.8 Å². The van der Waals surface area contributed by atoms with Crippen LogP contribution in [0.3, 0.4) is 0 Å². The Hall–Kier alpha value is -0.930. The molecule has 0 aromatic heterocycles. The second kappa shape index (κ2) is 6.12. The minimum Gasteiger partial charge on any atom is -0.311 e. The van der Waals surface area contributed by atoms with Crippen molar-refractivity contribution >= 4 is 0 Å². The fraction of sp³-hybridized carbons (Fsp3) is 0.571.